The smallest absolute Gasteiger partial charge is 0.186 e. The van der Waals surface area contributed by atoms with E-state index in [2.05, 4.69) is 71.0 Å². The quantitative estimate of drug-likeness (QED) is 0.0693. The van der Waals surface area contributed by atoms with Crippen molar-refractivity contribution in [1.29, 1.82) is 0 Å². The predicted octanol–water partition coefficient (Wildman–Crippen LogP) is 7.35. The summed E-state index contributed by atoms with van der Waals surface area (Å²) in [7, 11) is 0. The summed E-state index contributed by atoms with van der Waals surface area (Å²) in [5, 5.41) is 14.0. The van der Waals surface area contributed by atoms with Gasteiger partial charge in [-0.2, -0.15) is 0 Å². The molecule has 0 radical (unpaired) electrons. The number of nitrogens with one attached hydrogen (secondary N) is 2. The van der Waals surface area contributed by atoms with Gasteiger partial charge in [-0.25, -0.2) is 0 Å². The van der Waals surface area contributed by atoms with Gasteiger partial charge in [0.05, 0.1) is 26.4 Å². The van der Waals surface area contributed by atoms with Crippen molar-refractivity contribution in [1.82, 2.24) is 10.3 Å². The van der Waals surface area contributed by atoms with E-state index in [-0.39, 0.29) is 12.7 Å². The monoisotopic (exact) mass is 692 g/mol. The van der Waals surface area contributed by atoms with Gasteiger partial charge in [0.25, 0.3) is 0 Å². The molecule has 1 fully saturated rings. The molecule has 5 atom stereocenters. The molecule has 0 saturated carbocycles. The Morgan fingerprint density at radius 3 is 1.80 bits per heavy atom. The zero-order valence-electron chi connectivity index (χ0n) is 29.4. The molecule has 0 spiro atoms. The first-order valence-electron chi connectivity index (χ1n) is 18.4. The summed E-state index contributed by atoms with van der Waals surface area (Å²) in [6, 6.07) is 41.1. The van der Waals surface area contributed by atoms with Gasteiger partial charge in [0.1, 0.15) is 24.4 Å². The minimum Gasteiger partial charge on any atom is -0.396 e. The number of ether oxygens (including phenoxy) is 5. The van der Waals surface area contributed by atoms with Crippen molar-refractivity contribution in [2.45, 2.75) is 82.6 Å². The van der Waals surface area contributed by atoms with E-state index in [1.807, 2.05) is 60.7 Å². The highest BCUT2D eigenvalue weighted by atomic mass is 16.7. The number of hydrogen-bond acceptors (Lipinski definition) is 7. The average Bonchev–Trinajstić information content (AvgIpc) is 3.60. The number of hydrogen-bond donors (Lipinski definition) is 3. The van der Waals surface area contributed by atoms with Crippen LogP contribution < -0.4 is 5.32 Å². The summed E-state index contributed by atoms with van der Waals surface area (Å²) in [6.07, 6.45) is 2.09. The van der Waals surface area contributed by atoms with Crippen molar-refractivity contribution >= 4 is 10.9 Å². The van der Waals surface area contributed by atoms with E-state index in [1.165, 1.54) is 5.39 Å². The fourth-order valence-electron chi connectivity index (χ4n) is 6.56. The Bertz CT molecular complexity index is 1630. The van der Waals surface area contributed by atoms with E-state index in [9.17, 15) is 0 Å². The van der Waals surface area contributed by atoms with Gasteiger partial charge in [0.15, 0.2) is 6.29 Å². The van der Waals surface area contributed by atoms with Gasteiger partial charge in [-0.15, -0.1) is 0 Å². The first kappa shape index (κ1) is 36.9. The van der Waals surface area contributed by atoms with Gasteiger partial charge in [0.2, 0.25) is 0 Å². The third-order valence-electron chi connectivity index (χ3n) is 9.29. The maximum atomic E-state index is 9.17. The standard InChI is InChI=1S/C43H52N2O6/c46-26-15-2-1-14-25-44-29-39-40(48-30-33-16-6-3-7-17-33)41(49-31-34-18-8-4-9-19-34)42(50-32-35-20-10-5-11-21-35)43(51-39)47-27-24-37-28-36-22-12-13-23-38(36)45-37/h3-13,16-23,28,39-46H,1-2,14-15,24-27,29-32H2. The van der Waals surface area contributed by atoms with Crippen molar-refractivity contribution in [2.75, 3.05) is 26.3 Å². The Hall–Kier alpha value is -3.86. The Labute approximate surface area is 302 Å². The fourth-order valence-corrected chi connectivity index (χ4v) is 6.56. The van der Waals surface area contributed by atoms with Crippen LogP contribution in [0.5, 0.6) is 0 Å². The Balaban J connectivity index is 1.24. The molecule has 270 valence electrons. The molecule has 1 saturated heterocycles. The summed E-state index contributed by atoms with van der Waals surface area (Å²) < 4.78 is 33.8. The summed E-state index contributed by atoms with van der Waals surface area (Å²) in [4.78, 5) is 3.52. The molecule has 5 aromatic rings. The second kappa shape index (κ2) is 20.2. The Morgan fingerprint density at radius 1 is 0.608 bits per heavy atom. The van der Waals surface area contributed by atoms with E-state index < -0.39 is 24.6 Å². The van der Waals surface area contributed by atoms with Crippen LogP contribution >= 0.6 is 0 Å². The average molecular weight is 693 g/mol. The highest BCUT2D eigenvalue weighted by molar-refractivity contribution is 5.80. The largest absolute Gasteiger partial charge is 0.396 e. The Kier molecular flexibility index (Phi) is 14.7. The van der Waals surface area contributed by atoms with E-state index >= 15 is 0 Å². The lowest BCUT2D eigenvalue weighted by molar-refractivity contribution is -0.321. The highest BCUT2D eigenvalue weighted by Crippen LogP contribution is 2.31. The second-order valence-corrected chi connectivity index (χ2v) is 13.2. The van der Waals surface area contributed by atoms with Crippen LogP contribution in [-0.4, -0.2) is 67.1 Å². The number of benzene rings is 4. The van der Waals surface area contributed by atoms with E-state index in [4.69, 9.17) is 28.8 Å². The van der Waals surface area contributed by atoms with Crippen molar-refractivity contribution in [2.24, 2.45) is 0 Å². The third-order valence-corrected chi connectivity index (χ3v) is 9.29. The molecule has 0 amide bonds. The van der Waals surface area contributed by atoms with Gasteiger partial charge < -0.3 is 39.1 Å². The van der Waals surface area contributed by atoms with Crippen LogP contribution in [0.1, 0.15) is 48.1 Å². The maximum absolute atomic E-state index is 9.17. The minimum atomic E-state index is -0.688. The SMILES string of the molecule is OCCCCCCNCC1OC(OCCc2cc3ccccc3[nH]2)C(OCc2ccccc2)C(OCc2ccccc2)C1OCc1ccccc1. The molecular formula is C43H52N2O6. The van der Waals surface area contributed by atoms with E-state index in [0.717, 1.165) is 60.1 Å². The number of fused-ring (bicyclic) bond motifs is 1. The van der Waals surface area contributed by atoms with Gasteiger partial charge in [-0.3, -0.25) is 0 Å². The van der Waals surface area contributed by atoms with Gasteiger partial charge >= 0.3 is 0 Å². The first-order chi connectivity index (χ1) is 25.3. The van der Waals surface area contributed by atoms with Crippen LogP contribution in [0.2, 0.25) is 0 Å². The molecule has 1 aliphatic rings. The summed E-state index contributed by atoms with van der Waals surface area (Å²) in [6.45, 7) is 3.27. The number of aliphatic hydroxyl groups is 1. The topological polar surface area (TPSA) is 94.2 Å². The van der Waals surface area contributed by atoms with Crippen molar-refractivity contribution in [3.05, 3.63) is 144 Å². The molecule has 1 aliphatic heterocycles. The normalized spacial score (nSPS) is 20.5. The molecule has 8 nitrogen and oxygen atoms in total. The number of para-hydroxylation sites is 1. The van der Waals surface area contributed by atoms with Crippen molar-refractivity contribution in [3.63, 3.8) is 0 Å². The number of aromatic nitrogens is 1. The lowest BCUT2D eigenvalue weighted by Gasteiger charge is -2.46. The van der Waals surface area contributed by atoms with Crippen LogP contribution in [-0.2, 0) is 49.9 Å². The molecule has 4 aromatic carbocycles. The molecule has 0 aliphatic carbocycles. The maximum Gasteiger partial charge on any atom is 0.186 e. The number of H-pyrrole nitrogens is 1. The second-order valence-electron chi connectivity index (χ2n) is 13.2. The molecular weight excluding hydrogens is 640 g/mol. The van der Waals surface area contributed by atoms with Gasteiger partial charge in [-0.1, -0.05) is 122 Å². The van der Waals surface area contributed by atoms with E-state index in [0.29, 0.717) is 39.4 Å². The van der Waals surface area contributed by atoms with Crippen LogP contribution in [0.3, 0.4) is 0 Å². The molecule has 6 rings (SSSR count). The Morgan fingerprint density at radius 2 is 1.18 bits per heavy atom. The zero-order chi connectivity index (χ0) is 34.9. The van der Waals surface area contributed by atoms with Crippen molar-refractivity contribution < 1.29 is 28.8 Å². The van der Waals surface area contributed by atoms with Crippen molar-refractivity contribution in [3.8, 4) is 0 Å². The van der Waals surface area contributed by atoms with Crippen LogP contribution in [0.4, 0.5) is 0 Å². The molecule has 1 aromatic heterocycles. The number of unbranched alkanes of at least 4 members (excludes halogenated alkanes) is 3. The van der Waals surface area contributed by atoms with Gasteiger partial charge in [0, 0.05) is 30.8 Å². The number of aromatic amines is 1. The summed E-state index contributed by atoms with van der Waals surface area (Å²) in [5.41, 5.74) is 5.42. The minimum absolute atomic E-state index is 0.239. The fraction of sp³-hybridized carbons (Fsp3) is 0.395. The molecule has 51 heavy (non-hydrogen) atoms. The number of aliphatic hydroxyl groups excluding tert-OH is 1. The summed E-state index contributed by atoms with van der Waals surface area (Å²) in [5.74, 6) is 0. The number of rotatable bonds is 21. The lowest BCUT2D eigenvalue weighted by Crippen LogP contribution is -2.62. The van der Waals surface area contributed by atoms with Crippen LogP contribution in [0, 0.1) is 0 Å². The predicted molar refractivity (Wildman–Crippen MR) is 200 cm³/mol. The molecule has 5 unspecified atom stereocenters. The van der Waals surface area contributed by atoms with Crippen LogP contribution in [0.25, 0.3) is 10.9 Å². The molecule has 3 N–H and O–H groups in total. The van der Waals surface area contributed by atoms with Gasteiger partial charge in [-0.05, 0) is 53.6 Å². The van der Waals surface area contributed by atoms with Crippen LogP contribution in [0.15, 0.2) is 121 Å². The lowest BCUT2D eigenvalue weighted by atomic mass is 9.97. The third kappa shape index (κ3) is 11.3. The molecule has 0 bridgehead atoms. The zero-order valence-corrected chi connectivity index (χ0v) is 29.4. The molecule has 2 heterocycles. The summed E-state index contributed by atoms with van der Waals surface area (Å²) >= 11 is 0. The first-order valence-corrected chi connectivity index (χ1v) is 18.4. The molecule has 8 heteroatoms. The highest BCUT2D eigenvalue weighted by Gasteiger charge is 2.48. The van der Waals surface area contributed by atoms with E-state index in [1.54, 1.807) is 0 Å².